The van der Waals surface area contributed by atoms with Gasteiger partial charge in [-0.25, -0.2) is 0 Å². The summed E-state index contributed by atoms with van der Waals surface area (Å²) in [5.74, 6) is 0.243. The molecule has 22 heavy (non-hydrogen) atoms. The Hall–Kier alpha value is -1.84. The summed E-state index contributed by atoms with van der Waals surface area (Å²) in [6.07, 6.45) is 4.80. The predicted molar refractivity (Wildman–Crippen MR) is 85.4 cm³/mol. The third kappa shape index (κ3) is 2.74. The molecule has 1 aliphatic carbocycles. The average Bonchev–Trinajstić information content (AvgIpc) is 2.51. The van der Waals surface area contributed by atoms with Gasteiger partial charge in [0, 0.05) is 26.1 Å². The number of nitrogens with zero attached hydrogens (tertiary/aromatic N) is 1. The highest BCUT2D eigenvalue weighted by Gasteiger charge is 2.44. The molecule has 3 rings (SSSR count). The second kappa shape index (κ2) is 6.11. The molecule has 0 bridgehead atoms. The van der Waals surface area contributed by atoms with Crippen LogP contribution in [0, 0.1) is 0 Å². The fourth-order valence-electron chi connectivity index (χ4n) is 3.48. The van der Waals surface area contributed by atoms with E-state index in [1.165, 1.54) is 6.42 Å². The lowest BCUT2D eigenvalue weighted by Gasteiger charge is -2.42. The maximum atomic E-state index is 13.0. The number of carbonyl (C=O) groups excluding carboxylic acids is 2. The largest absolute Gasteiger partial charge is 0.353 e. The molecule has 118 valence electrons. The van der Waals surface area contributed by atoms with E-state index in [0.29, 0.717) is 32.0 Å². The number of piperidine rings is 1. The zero-order valence-electron chi connectivity index (χ0n) is 13.2. The van der Waals surface area contributed by atoms with Gasteiger partial charge in [0.25, 0.3) is 0 Å². The van der Waals surface area contributed by atoms with Crippen molar-refractivity contribution >= 4 is 11.8 Å². The molecule has 0 spiro atoms. The molecule has 0 radical (unpaired) electrons. The summed E-state index contributed by atoms with van der Waals surface area (Å²) in [7, 11) is 0. The third-order valence-electron chi connectivity index (χ3n) is 5.26. The Morgan fingerprint density at radius 2 is 1.77 bits per heavy atom. The summed E-state index contributed by atoms with van der Waals surface area (Å²) in [5, 5.41) is 3.23. The van der Waals surface area contributed by atoms with Gasteiger partial charge >= 0.3 is 0 Å². The number of nitrogens with one attached hydrogen (secondary N) is 1. The molecular formula is C18H24N2O2. The number of hydrogen-bond acceptors (Lipinski definition) is 2. The fourth-order valence-corrected chi connectivity index (χ4v) is 3.48. The second-order valence-electron chi connectivity index (χ2n) is 6.56. The van der Waals surface area contributed by atoms with Gasteiger partial charge in [0.05, 0.1) is 5.41 Å². The molecule has 2 aliphatic rings. The Bertz CT molecular complexity index is 543. The van der Waals surface area contributed by atoms with Crippen LogP contribution in [-0.2, 0) is 15.0 Å². The summed E-state index contributed by atoms with van der Waals surface area (Å²) >= 11 is 0. The van der Waals surface area contributed by atoms with Gasteiger partial charge in [-0.1, -0.05) is 30.3 Å². The van der Waals surface area contributed by atoms with Gasteiger partial charge in [0.1, 0.15) is 0 Å². The molecule has 1 saturated heterocycles. The molecule has 2 fully saturated rings. The zero-order chi connectivity index (χ0) is 15.6. The molecule has 1 heterocycles. The van der Waals surface area contributed by atoms with Crippen LogP contribution < -0.4 is 5.32 Å². The quantitative estimate of drug-likeness (QED) is 0.930. The van der Waals surface area contributed by atoms with Crippen molar-refractivity contribution in [3.8, 4) is 0 Å². The van der Waals surface area contributed by atoms with Gasteiger partial charge in [0.2, 0.25) is 11.8 Å². The molecule has 1 saturated carbocycles. The molecule has 4 nitrogen and oxygen atoms in total. The number of rotatable bonds is 3. The second-order valence-corrected chi connectivity index (χ2v) is 6.56. The maximum Gasteiger partial charge on any atom is 0.231 e. The van der Waals surface area contributed by atoms with Crippen molar-refractivity contribution in [2.75, 3.05) is 13.1 Å². The molecule has 1 aromatic rings. The summed E-state index contributed by atoms with van der Waals surface area (Å²) < 4.78 is 0. The van der Waals surface area contributed by atoms with Crippen molar-refractivity contribution in [3.05, 3.63) is 35.9 Å². The van der Waals surface area contributed by atoms with Crippen molar-refractivity contribution in [1.82, 2.24) is 10.2 Å². The maximum absolute atomic E-state index is 13.0. The standard InChI is InChI=1S/C18H24N2O2/c1-14(21)20-12-10-18(11-13-20,15-6-3-2-4-7-15)17(22)19-16-8-5-9-16/h2-4,6-7,16H,5,8-13H2,1H3,(H,19,22). The van der Waals surface area contributed by atoms with E-state index in [-0.39, 0.29) is 11.8 Å². The Kier molecular flexibility index (Phi) is 4.19. The Balaban J connectivity index is 1.83. The minimum Gasteiger partial charge on any atom is -0.353 e. The van der Waals surface area contributed by atoms with Gasteiger partial charge in [-0.3, -0.25) is 9.59 Å². The highest BCUT2D eigenvalue weighted by Crippen LogP contribution is 2.36. The molecule has 1 N–H and O–H groups in total. The van der Waals surface area contributed by atoms with Crippen molar-refractivity contribution in [2.45, 2.75) is 50.5 Å². The number of likely N-dealkylation sites (tertiary alicyclic amines) is 1. The number of amides is 2. The average molecular weight is 300 g/mol. The van der Waals surface area contributed by atoms with E-state index in [1.54, 1.807) is 6.92 Å². The summed E-state index contributed by atoms with van der Waals surface area (Å²) in [6, 6.07) is 10.4. The van der Waals surface area contributed by atoms with Crippen LogP contribution in [0.3, 0.4) is 0 Å². The van der Waals surface area contributed by atoms with Crippen molar-refractivity contribution in [2.24, 2.45) is 0 Å². The molecule has 0 atom stereocenters. The van der Waals surface area contributed by atoms with Gasteiger partial charge in [-0.15, -0.1) is 0 Å². The fraction of sp³-hybridized carbons (Fsp3) is 0.556. The molecule has 0 unspecified atom stereocenters. The van der Waals surface area contributed by atoms with Crippen LogP contribution in [-0.4, -0.2) is 35.8 Å². The first kappa shape index (κ1) is 15.1. The van der Waals surface area contributed by atoms with Crippen molar-refractivity contribution in [3.63, 3.8) is 0 Å². The van der Waals surface area contributed by atoms with Gasteiger partial charge < -0.3 is 10.2 Å². The molecular weight excluding hydrogens is 276 g/mol. The van der Waals surface area contributed by atoms with Crippen LogP contribution in [0.5, 0.6) is 0 Å². The van der Waals surface area contributed by atoms with E-state index in [2.05, 4.69) is 5.32 Å². The van der Waals surface area contributed by atoms with Gasteiger partial charge in [-0.05, 0) is 37.7 Å². The molecule has 4 heteroatoms. The molecule has 1 aromatic carbocycles. The van der Waals surface area contributed by atoms with Gasteiger partial charge in [0.15, 0.2) is 0 Å². The van der Waals surface area contributed by atoms with Crippen LogP contribution in [0.1, 0.15) is 44.6 Å². The highest BCUT2D eigenvalue weighted by molar-refractivity contribution is 5.89. The monoisotopic (exact) mass is 300 g/mol. The van der Waals surface area contributed by atoms with Crippen LogP contribution in [0.25, 0.3) is 0 Å². The number of carbonyl (C=O) groups is 2. The van der Waals surface area contributed by atoms with E-state index in [4.69, 9.17) is 0 Å². The normalized spacial score (nSPS) is 21.0. The highest BCUT2D eigenvalue weighted by atomic mass is 16.2. The van der Waals surface area contributed by atoms with Gasteiger partial charge in [-0.2, -0.15) is 0 Å². The summed E-state index contributed by atoms with van der Waals surface area (Å²) in [6.45, 7) is 2.91. The van der Waals surface area contributed by atoms with E-state index >= 15 is 0 Å². The van der Waals surface area contributed by atoms with Crippen molar-refractivity contribution < 1.29 is 9.59 Å². The lowest BCUT2D eigenvalue weighted by atomic mass is 9.71. The Labute approximate surface area is 131 Å². The van der Waals surface area contributed by atoms with Crippen LogP contribution in [0.15, 0.2) is 30.3 Å². The van der Waals surface area contributed by atoms with E-state index in [0.717, 1.165) is 18.4 Å². The topological polar surface area (TPSA) is 49.4 Å². The zero-order valence-corrected chi connectivity index (χ0v) is 13.2. The Morgan fingerprint density at radius 3 is 2.27 bits per heavy atom. The SMILES string of the molecule is CC(=O)N1CCC(C(=O)NC2CCC2)(c2ccccc2)CC1. The minimum absolute atomic E-state index is 0.0982. The third-order valence-corrected chi connectivity index (χ3v) is 5.26. The summed E-state index contributed by atoms with van der Waals surface area (Å²) in [5.41, 5.74) is 0.595. The first-order chi connectivity index (χ1) is 10.6. The first-order valence-electron chi connectivity index (χ1n) is 8.24. The van der Waals surface area contributed by atoms with E-state index in [1.807, 2.05) is 35.2 Å². The smallest absolute Gasteiger partial charge is 0.231 e. The molecule has 0 aromatic heterocycles. The lowest BCUT2D eigenvalue weighted by molar-refractivity contribution is -0.136. The predicted octanol–water partition coefficient (Wildman–Crippen LogP) is 2.24. The number of hydrogen-bond donors (Lipinski definition) is 1. The van der Waals surface area contributed by atoms with Crippen LogP contribution in [0.4, 0.5) is 0 Å². The molecule has 1 aliphatic heterocycles. The minimum atomic E-state index is -0.483. The van der Waals surface area contributed by atoms with Crippen LogP contribution >= 0.6 is 0 Å². The first-order valence-corrected chi connectivity index (χ1v) is 8.24. The van der Waals surface area contributed by atoms with Crippen molar-refractivity contribution in [1.29, 1.82) is 0 Å². The summed E-state index contributed by atoms with van der Waals surface area (Å²) in [4.78, 5) is 26.4. The van der Waals surface area contributed by atoms with E-state index < -0.39 is 5.41 Å². The lowest BCUT2D eigenvalue weighted by Crippen LogP contribution is -2.55. The Morgan fingerprint density at radius 1 is 1.14 bits per heavy atom. The van der Waals surface area contributed by atoms with Crippen LogP contribution in [0.2, 0.25) is 0 Å². The van der Waals surface area contributed by atoms with E-state index in [9.17, 15) is 9.59 Å². The molecule has 2 amide bonds. The number of benzene rings is 1.